The fourth-order valence-corrected chi connectivity index (χ4v) is 2.82. The van der Waals surface area contributed by atoms with E-state index in [2.05, 4.69) is 0 Å². The summed E-state index contributed by atoms with van der Waals surface area (Å²) in [7, 11) is 7.25. The Morgan fingerprint density at radius 3 is 1.46 bits per heavy atom. The van der Waals surface area contributed by atoms with Crippen LogP contribution in [0.2, 0.25) is 0 Å². The standard InChI is InChI=1S/C10H12O5.2C8H8O3/c1-13-7-5-4-6(10(11)12)8(14-2)9(7)15-3;1-11-7-4-2-6(3-5-7)8(9)10;1-11-7-5-3-2-4-6(7)8(9)10/h4-5H,1-3H3,(H,11,12);2*2-5H,1H3,(H,9,10). The summed E-state index contributed by atoms with van der Waals surface area (Å²) >= 11 is 0. The molecule has 0 amide bonds. The van der Waals surface area contributed by atoms with Gasteiger partial charge in [0.25, 0.3) is 0 Å². The molecule has 0 bridgehead atoms. The largest absolute Gasteiger partial charge is 0.497 e. The monoisotopic (exact) mass is 516 g/mol. The van der Waals surface area contributed by atoms with Crippen LogP contribution in [-0.2, 0) is 0 Å². The van der Waals surface area contributed by atoms with Gasteiger partial charge in [-0.15, -0.1) is 0 Å². The summed E-state index contributed by atoms with van der Waals surface area (Å²) in [5, 5.41) is 26.0. The third-order valence-corrected chi connectivity index (χ3v) is 4.61. The molecular formula is C26H28O11. The third kappa shape index (κ3) is 8.66. The molecule has 0 atom stereocenters. The highest BCUT2D eigenvalue weighted by atomic mass is 16.5. The smallest absolute Gasteiger partial charge is 0.339 e. The number of methoxy groups -OCH3 is 5. The Hall–Kier alpha value is -4.93. The predicted octanol–water partition coefficient (Wildman–Crippen LogP) is 4.20. The predicted molar refractivity (Wildman–Crippen MR) is 133 cm³/mol. The van der Waals surface area contributed by atoms with Gasteiger partial charge in [-0.05, 0) is 48.5 Å². The normalized spacial score (nSPS) is 9.32. The molecule has 198 valence electrons. The summed E-state index contributed by atoms with van der Waals surface area (Å²) in [6.45, 7) is 0. The SMILES string of the molecule is COc1ccc(C(=O)O)c(OC)c1OC.COc1ccc(C(=O)O)cc1.COc1ccccc1C(=O)O. The van der Waals surface area contributed by atoms with E-state index in [0.29, 0.717) is 17.2 Å². The van der Waals surface area contributed by atoms with Crippen molar-refractivity contribution in [2.45, 2.75) is 0 Å². The van der Waals surface area contributed by atoms with Crippen LogP contribution in [0.3, 0.4) is 0 Å². The maximum absolute atomic E-state index is 10.9. The van der Waals surface area contributed by atoms with Crippen LogP contribution in [0, 0.1) is 0 Å². The molecule has 3 rings (SSSR count). The maximum atomic E-state index is 10.9. The first kappa shape index (κ1) is 30.1. The van der Waals surface area contributed by atoms with E-state index in [4.69, 9.17) is 39.0 Å². The van der Waals surface area contributed by atoms with Crippen molar-refractivity contribution in [2.24, 2.45) is 0 Å². The van der Waals surface area contributed by atoms with E-state index in [1.165, 1.54) is 65.9 Å². The van der Waals surface area contributed by atoms with E-state index in [1.807, 2.05) is 0 Å². The highest BCUT2D eigenvalue weighted by molar-refractivity contribution is 5.92. The molecule has 0 unspecified atom stereocenters. The number of carboxylic acid groups (broad SMARTS) is 3. The van der Waals surface area contributed by atoms with Crippen molar-refractivity contribution in [3.63, 3.8) is 0 Å². The molecule has 11 nitrogen and oxygen atoms in total. The molecule has 0 saturated carbocycles. The van der Waals surface area contributed by atoms with E-state index in [-0.39, 0.29) is 28.2 Å². The van der Waals surface area contributed by atoms with Gasteiger partial charge in [0, 0.05) is 0 Å². The summed E-state index contributed by atoms with van der Waals surface area (Å²) in [4.78, 5) is 31.7. The second kappa shape index (κ2) is 15.1. The van der Waals surface area contributed by atoms with Gasteiger partial charge in [0.05, 0.1) is 41.1 Å². The van der Waals surface area contributed by atoms with Crippen LogP contribution in [0.1, 0.15) is 31.1 Å². The second-order valence-electron chi connectivity index (χ2n) is 6.73. The van der Waals surface area contributed by atoms with Gasteiger partial charge in [-0.25, -0.2) is 14.4 Å². The van der Waals surface area contributed by atoms with Crippen molar-refractivity contribution in [3.8, 4) is 28.7 Å². The van der Waals surface area contributed by atoms with Crippen LogP contribution in [-0.4, -0.2) is 68.8 Å². The Morgan fingerprint density at radius 1 is 0.514 bits per heavy atom. The number of hydrogen-bond acceptors (Lipinski definition) is 8. The minimum atomic E-state index is -1.08. The molecule has 11 heteroatoms. The lowest BCUT2D eigenvalue weighted by atomic mass is 10.1. The number of rotatable bonds is 8. The van der Waals surface area contributed by atoms with Gasteiger partial charge in [0.1, 0.15) is 22.6 Å². The van der Waals surface area contributed by atoms with E-state index < -0.39 is 17.9 Å². The fourth-order valence-electron chi connectivity index (χ4n) is 2.82. The molecule has 0 heterocycles. The van der Waals surface area contributed by atoms with Gasteiger partial charge in [0.15, 0.2) is 11.5 Å². The quantitative estimate of drug-likeness (QED) is 0.394. The molecule has 0 radical (unpaired) electrons. The van der Waals surface area contributed by atoms with Crippen LogP contribution >= 0.6 is 0 Å². The van der Waals surface area contributed by atoms with Gasteiger partial charge in [-0.3, -0.25) is 0 Å². The molecule has 3 aromatic rings. The lowest BCUT2D eigenvalue weighted by molar-refractivity contribution is 0.0681. The number of benzene rings is 3. The number of para-hydroxylation sites is 1. The third-order valence-electron chi connectivity index (χ3n) is 4.61. The highest BCUT2D eigenvalue weighted by Crippen LogP contribution is 2.39. The van der Waals surface area contributed by atoms with Crippen molar-refractivity contribution in [1.82, 2.24) is 0 Å². The van der Waals surface area contributed by atoms with Crippen LogP contribution in [0.4, 0.5) is 0 Å². The molecule has 37 heavy (non-hydrogen) atoms. The topological polar surface area (TPSA) is 158 Å². The Bertz CT molecular complexity index is 1190. The van der Waals surface area contributed by atoms with E-state index in [0.717, 1.165) is 0 Å². The molecule has 0 spiro atoms. The first-order valence-corrected chi connectivity index (χ1v) is 10.4. The molecule has 0 aromatic heterocycles. The second-order valence-corrected chi connectivity index (χ2v) is 6.73. The summed E-state index contributed by atoms with van der Waals surface area (Å²) < 4.78 is 24.7. The lowest BCUT2D eigenvalue weighted by Crippen LogP contribution is -2.03. The van der Waals surface area contributed by atoms with Crippen LogP contribution in [0.15, 0.2) is 60.7 Å². The zero-order chi connectivity index (χ0) is 28.0. The summed E-state index contributed by atoms with van der Waals surface area (Å²) in [6.07, 6.45) is 0. The fraction of sp³-hybridized carbons (Fsp3) is 0.192. The number of carboxylic acids is 3. The zero-order valence-corrected chi connectivity index (χ0v) is 20.9. The molecule has 3 N–H and O–H groups in total. The van der Waals surface area contributed by atoms with Crippen molar-refractivity contribution >= 4 is 17.9 Å². The number of ether oxygens (including phenoxy) is 5. The van der Waals surface area contributed by atoms with Gasteiger partial charge < -0.3 is 39.0 Å². The minimum Gasteiger partial charge on any atom is -0.497 e. The average Bonchev–Trinajstić information content (AvgIpc) is 2.92. The van der Waals surface area contributed by atoms with Crippen molar-refractivity contribution in [3.05, 3.63) is 77.4 Å². The maximum Gasteiger partial charge on any atom is 0.339 e. The molecule has 0 aliphatic carbocycles. The van der Waals surface area contributed by atoms with Crippen LogP contribution < -0.4 is 23.7 Å². The molecular weight excluding hydrogens is 488 g/mol. The van der Waals surface area contributed by atoms with E-state index in [1.54, 1.807) is 30.3 Å². The first-order chi connectivity index (χ1) is 17.6. The highest BCUT2D eigenvalue weighted by Gasteiger charge is 2.19. The molecule has 0 aliphatic heterocycles. The summed E-state index contributed by atoms with van der Waals surface area (Å²) in [5.41, 5.74) is 0.496. The van der Waals surface area contributed by atoms with E-state index >= 15 is 0 Å². The summed E-state index contributed by atoms with van der Waals surface area (Å²) in [6, 6.07) is 15.7. The Kier molecular flexibility index (Phi) is 12.3. The van der Waals surface area contributed by atoms with Gasteiger partial charge in [0.2, 0.25) is 5.75 Å². The van der Waals surface area contributed by atoms with Crippen molar-refractivity contribution in [2.75, 3.05) is 35.5 Å². The minimum absolute atomic E-state index is 0.0372. The number of aromatic carboxylic acids is 3. The molecule has 3 aromatic carbocycles. The van der Waals surface area contributed by atoms with Gasteiger partial charge in [-0.2, -0.15) is 0 Å². The zero-order valence-electron chi connectivity index (χ0n) is 20.9. The van der Waals surface area contributed by atoms with Crippen LogP contribution in [0.5, 0.6) is 28.7 Å². The van der Waals surface area contributed by atoms with Gasteiger partial charge in [-0.1, -0.05) is 12.1 Å². The van der Waals surface area contributed by atoms with Gasteiger partial charge >= 0.3 is 17.9 Å². The van der Waals surface area contributed by atoms with Crippen molar-refractivity contribution < 1.29 is 53.4 Å². The summed E-state index contributed by atoms with van der Waals surface area (Å²) in [5.74, 6) is -1.05. The first-order valence-electron chi connectivity index (χ1n) is 10.4. The Balaban J connectivity index is 0.000000283. The van der Waals surface area contributed by atoms with Crippen molar-refractivity contribution in [1.29, 1.82) is 0 Å². The average molecular weight is 516 g/mol. The Labute approximate surface area is 213 Å². The molecule has 0 saturated heterocycles. The van der Waals surface area contributed by atoms with E-state index in [9.17, 15) is 14.4 Å². The molecule has 0 aliphatic rings. The lowest BCUT2D eigenvalue weighted by Gasteiger charge is -2.13. The number of hydrogen-bond donors (Lipinski definition) is 3. The Morgan fingerprint density at radius 2 is 1.05 bits per heavy atom. The molecule has 0 fully saturated rings. The van der Waals surface area contributed by atoms with Crippen LogP contribution in [0.25, 0.3) is 0 Å². The number of carbonyl (C=O) groups is 3.